The molecule has 0 bridgehead atoms. The predicted octanol–water partition coefficient (Wildman–Crippen LogP) is 0.211. The van der Waals surface area contributed by atoms with Gasteiger partial charge in [0.1, 0.15) is 0 Å². The van der Waals surface area contributed by atoms with Crippen LogP contribution in [0, 0.1) is 5.92 Å². The Morgan fingerprint density at radius 1 is 1.33 bits per heavy atom. The lowest BCUT2D eigenvalue weighted by Crippen LogP contribution is -2.40. The van der Waals surface area contributed by atoms with E-state index in [0.717, 1.165) is 0 Å². The molecule has 5 heteroatoms. The molecule has 1 amide bonds. The molecular formula is C10H20N2O3. The fourth-order valence-corrected chi connectivity index (χ4v) is 1.00. The van der Waals surface area contributed by atoms with Crippen LogP contribution in [0.15, 0.2) is 0 Å². The second-order valence-electron chi connectivity index (χ2n) is 3.78. The predicted molar refractivity (Wildman–Crippen MR) is 57.6 cm³/mol. The van der Waals surface area contributed by atoms with Crippen molar-refractivity contribution in [3.63, 3.8) is 0 Å². The van der Waals surface area contributed by atoms with Gasteiger partial charge in [-0.2, -0.15) is 0 Å². The number of rotatable bonds is 7. The molecule has 1 unspecified atom stereocenters. The monoisotopic (exact) mass is 216 g/mol. The summed E-state index contributed by atoms with van der Waals surface area (Å²) < 4.78 is 0. The molecule has 88 valence electrons. The first kappa shape index (κ1) is 13.9. The Morgan fingerprint density at radius 3 is 2.33 bits per heavy atom. The Hall–Kier alpha value is -1.10. The number of aliphatic carboxylic acids is 1. The molecule has 0 saturated carbocycles. The smallest absolute Gasteiger partial charge is 0.308 e. The van der Waals surface area contributed by atoms with E-state index in [0.29, 0.717) is 6.42 Å². The topological polar surface area (TPSA) is 78.4 Å². The van der Waals surface area contributed by atoms with Gasteiger partial charge in [0.2, 0.25) is 5.91 Å². The summed E-state index contributed by atoms with van der Waals surface area (Å²) in [7, 11) is 0. The molecule has 3 N–H and O–H groups in total. The average molecular weight is 216 g/mol. The minimum atomic E-state index is -0.866. The largest absolute Gasteiger partial charge is 0.481 e. The van der Waals surface area contributed by atoms with Crippen LogP contribution in [0.25, 0.3) is 0 Å². The number of hydrogen-bond acceptors (Lipinski definition) is 3. The zero-order valence-corrected chi connectivity index (χ0v) is 9.54. The van der Waals surface area contributed by atoms with Crippen molar-refractivity contribution in [2.75, 3.05) is 13.1 Å². The third kappa shape index (κ3) is 6.90. The van der Waals surface area contributed by atoms with Crippen molar-refractivity contribution >= 4 is 11.9 Å². The van der Waals surface area contributed by atoms with E-state index >= 15 is 0 Å². The lowest BCUT2D eigenvalue weighted by molar-refractivity contribution is -0.141. The van der Waals surface area contributed by atoms with Crippen LogP contribution in [-0.2, 0) is 9.59 Å². The fraction of sp³-hybridized carbons (Fsp3) is 0.800. The van der Waals surface area contributed by atoms with Crippen LogP contribution in [0.2, 0.25) is 0 Å². The third-order valence-electron chi connectivity index (χ3n) is 2.06. The van der Waals surface area contributed by atoms with Crippen LogP contribution in [0.1, 0.15) is 27.2 Å². The Bertz CT molecular complexity index is 217. The lowest BCUT2D eigenvalue weighted by Gasteiger charge is -2.12. The first-order valence-electron chi connectivity index (χ1n) is 5.20. The number of amides is 1. The number of hydrogen-bond donors (Lipinski definition) is 3. The molecule has 0 fully saturated rings. The molecule has 5 nitrogen and oxygen atoms in total. The van der Waals surface area contributed by atoms with Crippen molar-refractivity contribution in [2.24, 2.45) is 5.92 Å². The number of carbonyl (C=O) groups is 2. The van der Waals surface area contributed by atoms with Crippen LogP contribution >= 0.6 is 0 Å². The molecular weight excluding hydrogens is 196 g/mol. The summed E-state index contributed by atoms with van der Waals surface area (Å²) >= 11 is 0. The normalized spacial score (nSPS) is 12.5. The van der Waals surface area contributed by atoms with Gasteiger partial charge in [-0.3, -0.25) is 9.59 Å². The molecule has 0 aliphatic carbocycles. The molecule has 0 radical (unpaired) electrons. The quantitative estimate of drug-likeness (QED) is 0.568. The Balaban J connectivity index is 3.74. The highest BCUT2D eigenvalue weighted by Crippen LogP contribution is 1.99. The summed E-state index contributed by atoms with van der Waals surface area (Å²) in [5.74, 6) is -1.52. The van der Waals surface area contributed by atoms with Gasteiger partial charge >= 0.3 is 5.97 Å². The molecule has 0 saturated heterocycles. The van der Waals surface area contributed by atoms with Gasteiger partial charge in [0.25, 0.3) is 0 Å². The molecule has 0 rings (SSSR count). The van der Waals surface area contributed by atoms with Crippen molar-refractivity contribution < 1.29 is 14.7 Å². The van der Waals surface area contributed by atoms with Gasteiger partial charge in [-0.05, 0) is 6.42 Å². The summed E-state index contributed by atoms with van der Waals surface area (Å²) in [5, 5.41) is 14.3. The number of carboxylic acids is 1. The van der Waals surface area contributed by atoms with E-state index in [4.69, 9.17) is 5.11 Å². The highest BCUT2D eigenvalue weighted by atomic mass is 16.4. The van der Waals surface area contributed by atoms with Gasteiger partial charge in [-0.25, -0.2) is 0 Å². The van der Waals surface area contributed by atoms with E-state index in [2.05, 4.69) is 10.6 Å². The SMILES string of the molecule is CCC(CNC(=O)CNC(C)C)C(=O)O. The second-order valence-corrected chi connectivity index (χ2v) is 3.78. The number of carboxylic acid groups (broad SMARTS) is 1. The van der Waals surface area contributed by atoms with Crippen molar-refractivity contribution in [1.29, 1.82) is 0 Å². The summed E-state index contributed by atoms with van der Waals surface area (Å²) in [4.78, 5) is 21.9. The zero-order chi connectivity index (χ0) is 11.8. The van der Waals surface area contributed by atoms with Gasteiger partial charge in [0.15, 0.2) is 0 Å². The first-order chi connectivity index (χ1) is 6.97. The Morgan fingerprint density at radius 2 is 1.93 bits per heavy atom. The van der Waals surface area contributed by atoms with Crippen LogP contribution in [0.3, 0.4) is 0 Å². The molecule has 0 heterocycles. The van der Waals surface area contributed by atoms with E-state index in [9.17, 15) is 9.59 Å². The molecule has 0 aromatic heterocycles. The van der Waals surface area contributed by atoms with Gasteiger partial charge in [-0.15, -0.1) is 0 Å². The second kappa shape index (κ2) is 7.23. The average Bonchev–Trinajstić information content (AvgIpc) is 2.15. The molecule has 1 atom stereocenters. The Labute approximate surface area is 90.2 Å². The lowest BCUT2D eigenvalue weighted by atomic mass is 10.1. The molecule has 0 aromatic carbocycles. The van der Waals surface area contributed by atoms with E-state index in [1.807, 2.05) is 13.8 Å². The van der Waals surface area contributed by atoms with Crippen molar-refractivity contribution in [3.05, 3.63) is 0 Å². The number of nitrogens with one attached hydrogen (secondary N) is 2. The first-order valence-corrected chi connectivity index (χ1v) is 5.20. The van der Waals surface area contributed by atoms with Gasteiger partial charge in [0, 0.05) is 12.6 Å². The van der Waals surface area contributed by atoms with Crippen molar-refractivity contribution in [1.82, 2.24) is 10.6 Å². The maximum atomic E-state index is 11.2. The number of carbonyl (C=O) groups excluding carboxylic acids is 1. The van der Waals surface area contributed by atoms with Crippen LogP contribution in [0.4, 0.5) is 0 Å². The van der Waals surface area contributed by atoms with Gasteiger partial charge < -0.3 is 15.7 Å². The fourth-order valence-electron chi connectivity index (χ4n) is 1.00. The molecule has 0 aliphatic rings. The molecule has 0 aliphatic heterocycles. The van der Waals surface area contributed by atoms with Crippen molar-refractivity contribution in [2.45, 2.75) is 33.2 Å². The third-order valence-corrected chi connectivity index (χ3v) is 2.06. The van der Waals surface area contributed by atoms with E-state index in [1.165, 1.54) is 0 Å². The van der Waals surface area contributed by atoms with Gasteiger partial charge in [0.05, 0.1) is 12.5 Å². The summed E-state index contributed by atoms with van der Waals surface area (Å²) in [6, 6.07) is 0.247. The van der Waals surface area contributed by atoms with E-state index in [-0.39, 0.29) is 25.0 Å². The van der Waals surface area contributed by atoms with Crippen LogP contribution in [0.5, 0.6) is 0 Å². The minimum Gasteiger partial charge on any atom is -0.481 e. The zero-order valence-electron chi connectivity index (χ0n) is 9.54. The van der Waals surface area contributed by atoms with Gasteiger partial charge in [-0.1, -0.05) is 20.8 Å². The maximum Gasteiger partial charge on any atom is 0.308 e. The minimum absolute atomic E-state index is 0.164. The standard InChI is InChI=1S/C10H20N2O3/c1-4-8(10(14)15)5-12-9(13)6-11-7(2)3/h7-8,11H,4-6H2,1-3H3,(H,12,13)(H,14,15). The Kier molecular flexibility index (Phi) is 6.70. The van der Waals surface area contributed by atoms with Crippen LogP contribution < -0.4 is 10.6 Å². The van der Waals surface area contributed by atoms with Crippen molar-refractivity contribution in [3.8, 4) is 0 Å². The highest BCUT2D eigenvalue weighted by Gasteiger charge is 2.15. The molecule has 0 aromatic rings. The van der Waals surface area contributed by atoms with E-state index in [1.54, 1.807) is 6.92 Å². The molecule has 0 spiro atoms. The highest BCUT2D eigenvalue weighted by molar-refractivity contribution is 5.79. The maximum absolute atomic E-state index is 11.2. The van der Waals surface area contributed by atoms with E-state index < -0.39 is 11.9 Å². The van der Waals surface area contributed by atoms with Crippen LogP contribution in [-0.4, -0.2) is 36.1 Å². The summed E-state index contributed by atoms with van der Waals surface area (Å²) in [6.07, 6.45) is 0.521. The summed E-state index contributed by atoms with van der Waals surface area (Å²) in [5.41, 5.74) is 0. The summed E-state index contributed by atoms with van der Waals surface area (Å²) in [6.45, 7) is 6.11. The molecule has 15 heavy (non-hydrogen) atoms.